The number of hydrogen-bond donors (Lipinski definition) is 2. The van der Waals surface area contributed by atoms with E-state index >= 15 is 0 Å². The van der Waals surface area contributed by atoms with E-state index in [1.807, 2.05) is 26.0 Å². The second kappa shape index (κ2) is 5.08. The van der Waals surface area contributed by atoms with Gasteiger partial charge in [-0.1, -0.05) is 6.07 Å². The lowest BCUT2D eigenvalue weighted by atomic mass is 10.0. The molecule has 19 heavy (non-hydrogen) atoms. The zero-order valence-corrected chi connectivity index (χ0v) is 11.3. The van der Waals surface area contributed by atoms with E-state index in [0.717, 1.165) is 5.69 Å². The molecular weight excluding hydrogens is 242 g/mol. The minimum atomic E-state index is -0.360. The highest BCUT2D eigenvalue weighted by Crippen LogP contribution is 2.31. The Morgan fingerprint density at radius 2 is 2.32 bits per heavy atom. The Balaban J connectivity index is 2.33. The van der Waals surface area contributed by atoms with Gasteiger partial charge in [-0.25, -0.2) is 0 Å². The fraction of sp³-hybridized carbons (Fsp3) is 0.500. The third-order valence-electron chi connectivity index (χ3n) is 3.23. The SMILES string of the molecule is CC1(C)CN(c2cccc(C#N)c2N)CC(CO)O1. The van der Waals surface area contributed by atoms with Crippen LogP contribution in [0.2, 0.25) is 0 Å². The number of rotatable bonds is 2. The first kappa shape index (κ1) is 13.7. The minimum Gasteiger partial charge on any atom is -0.396 e. The standard InChI is InChI=1S/C14H19N3O2/c1-14(2)9-17(7-11(8-18)19-14)12-5-3-4-10(6-15)13(12)16/h3-5,11,18H,7-9,16H2,1-2H3. The number of benzene rings is 1. The number of anilines is 2. The lowest BCUT2D eigenvalue weighted by molar-refractivity contribution is -0.100. The summed E-state index contributed by atoms with van der Waals surface area (Å²) < 4.78 is 5.77. The molecule has 1 aliphatic heterocycles. The second-order valence-corrected chi connectivity index (χ2v) is 5.41. The van der Waals surface area contributed by atoms with E-state index in [9.17, 15) is 5.11 Å². The topological polar surface area (TPSA) is 82.5 Å². The van der Waals surface area contributed by atoms with Crippen LogP contribution in [0.3, 0.4) is 0 Å². The summed E-state index contributed by atoms with van der Waals surface area (Å²) in [5.74, 6) is 0. The van der Waals surface area contributed by atoms with Gasteiger partial charge >= 0.3 is 0 Å². The largest absolute Gasteiger partial charge is 0.396 e. The van der Waals surface area contributed by atoms with Crippen molar-refractivity contribution >= 4 is 11.4 Å². The molecule has 0 spiro atoms. The normalized spacial score (nSPS) is 22.0. The van der Waals surface area contributed by atoms with Crippen molar-refractivity contribution in [3.63, 3.8) is 0 Å². The first-order valence-corrected chi connectivity index (χ1v) is 6.29. The fourth-order valence-electron chi connectivity index (χ4n) is 2.50. The summed E-state index contributed by atoms with van der Waals surface area (Å²) >= 11 is 0. The van der Waals surface area contributed by atoms with Crippen molar-refractivity contribution in [2.75, 3.05) is 30.3 Å². The summed E-state index contributed by atoms with van der Waals surface area (Å²) in [5, 5.41) is 18.4. The number of hydrogen-bond acceptors (Lipinski definition) is 5. The third kappa shape index (κ3) is 2.80. The van der Waals surface area contributed by atoms with Crippen LogP contribution in [0, 0.1) is 11.3 Å². The van der Waals surface area contributed by atoms with Crippen molar-refractivity contribution in [1.82, 2.24) is 0 Å². The number of nitrogens with zero attached hydrogens (tertiary/aromatic N) is 2. The Morgan fingerprint density at radius 1 is 1.58 bits per heavy atom. The summed E-state index contributed by atoms with van der Waals surface area (Å²) in [4.78, 5) is 2.07. The quantitative estimate of drug-likeness (QED) is 0.779. The zero-order chi connectivity index (χ0) is 14.0. The highest BCUT2D eigenvalue weighted by atomic mass is 16.5. The summed E-state index contributed by atoms with van der Waals surface area (Å²) in [6.45, 7) is 5.16. The summed E-state index contributed by atoms with van der Waals surface area (Å²) in [7, 11) is 0. The molecule has 1 unspecified atom stereocenters. The lowest BCUT2D eigenvalue weighted by Crippen LogP contribution is -2.54. The Bertz CT molecular complexity index is 508. The van der Waals surface area contributed by atoms with Crippen molar-refractivity contribution in [3.05, 3.63) is 23.8 Å². The fourth-order valence-corrected chi connectivity index (χ4v) is 2.50. The average molecular weight is 261 g/mol. The number of para-hydroxylation sites is 1. The maximum absolute atomic E-state index is 9.32. The molecule has 102 valence electrons. The van der Waals surface area contributed by atoms with Crippen molar-refractivity contribution in [2.45, 2.75) is 25.6 Å². The molecule has 1 saturated heterocycles. The van der Waals surface area contributed by atoms with Crippen LogP contribution in [-0.2, 0) is 4.74 Å². The van der Waals surface area contributed by atoms with Gasteiger partial charge in [-0.15, -0.1) is 0 Å². The van der Waals surface area contributed by atoms with E-state index in [-0.39, 0.29) is 18.3 Å². The van der Waals surface area contributed by atoms with Crippen LogP contribution in [0.4, 0.5) is 11.4 Å². The molecule has 5 nitrogen and oxygen atoms in total. The molecule has 1 aliphatic rings. The molecule has 0 saturated carbocycles. The molecule has 5 heteroatoms. The number of aliphatic hydroxyl groups excluding tert-OH is 1. The van der Waals surface area contributed by atoms with Gasteiger partial charge in [-0.05, 0) is 26.0 Å². The lowest BCUT2D eigenvalue weighted by Gasteiger charge is -2.43. The third-order valence-corrected chi connectivity index (χ3v) is 3.23. The summed E-state index contributed by atoms with van der Waals surface area (Å²) in [6.07, 6.45) is -0.242. The molecular formula is C14H19N3O2. The molecule has 1 heterocycles. The molecule has 2 rings (SSSR count). The van der Waals surface area contributed by atoms with Crippen LogP contribution in [-0.4, -0.2) is 36.5 Å². The summed E-state index contributed by atoms with van der Waals surface area (Å²) in [6, 6.07) is 7.51. The minimum absolute atomic E-state index is 0.0300. The van der Waals surface area contributed by atoms with Gasteiger partial charge in [0.2, 0.25) is 0 Å². The van der Waals surface area contributed by atoms with E-state index < -0.39 is 0 Å². The number of morpholine rings is 1. The maximum atomic E-state index is 9.32. The first-order valence-electron chi connectivity index (χ1n) is 6.29. The van der Waals surface area contributed by atoms with Crippen LogP contribution >= 0.6 is 0 Å². The van der Waals surface area contributed by atoms with Gasteiger partial charge in [0.25, 0.3) is 0 Å². The predicted molar refractivity (Wildman–Crippen MR) is 73.8 cm³/mol. The smallest absolute Gasteiger partial charge is 0.101 e. The van der Waals surface area contributed by atoms with E-state index in [1.54, 1.807) is 6.07 Å². The number of ether oxygens (including phenoxy) is 1. The van der Waals surface area contributed by atoms with Crippen LogP contribution in [0.1, 0.15) is 19.4 Å². The molecule has 1 fully saturated rings. The van der Waals surface area contributed by atoms with E-state index in [0.29, 0.717) is 24.3 Å². The van der Waals surface area contributed by atoms with Crippen LogP contribution < -0.4 is 10.6 Å². The molecule has 1 atom stereocenters. The molecule has 0 amide bonds. The molecule has 0 radical (unpaired) electrons. The molecule has 0 aromatic heterocycles. The molecule has 3 N–H and O–H groups in total. The second-order valence-electron chi connectivity index (χ2n) is 5.41. The van der Waals surface area contributed by atoms with Gasteiger partial charge in [-0.3, -0.25) is 0 Å². The van der Waals surface area contributed by atoms with Gasteiger partial charge in [0.05, 0.1) is 35.3 Å². The van der Waals surface area contributed by atoms with Crippen LogP contribution in [0.15, 0.2) is 18.2 Å². The van der Waals surface area contributed by atoms with E-state index in [1.165, 1.54) is 0 Å². The zero-order valence-electron chi connectivity index (χ0n) is 11.3. The Hall–Kier alpha value is -1.77. The van der Waals surface area contributed by atoms with Gasteiger partial charge in [0.15, 0.2) is 0 Å². The molecule has 1 aromatic rings. The van der Waals surface area contributed by atoms with Crippen molar-refractivity contribution in [1.29, 1.82) is 5.26 Å². The first-order chi connectivity index (χ1) is 8.96. The van der Waals surface area contributed by atoms with E-state index in [4.69, 9.17) is 15.7 Å². The Labute approximate surface area is 113 Å². The molecule has 0 aliphatic carbocycles. The predicted octanol–water partition coefficient (Wildman–Crippen LogP) is 1.12. The summed E-state index contributed by atoms with van der Waals surface area (Å²) in [5.41, 5.74) is 7.46. The van der Waals surface area contributed by atoms with Crippen LogP contribution in [0.5, 0.6) is 0 Å². The van der Waals surface area contributed by atoms with E-state index in [2.05, 4.69) is 11.0 Å². The Kier molecular flexibility index (Phi) is 3.65. The van der Waals surface area contributed by atoms with Crippen molar-refractivity contribution in [2.24, 2.45) is 0 Å². The molecule has 1 aromatic carbocycles. The average Bonchev–Trinajstić information content (AvgIpc) is 2.37. The number of nitriles is 1. The number of aliphatic hydroxyl groups is 1. The highest BCUT2D eigenvalue weighted by molar-refractivity contribution is 5.74. The number of nitrogens with two attached hydrogens (primary N) is 1. The number of nitrogen functional groups attached to an aromatic ring is 1. The highest BCUT2D eigenvalue weighted by Gasteiger charge is 2.33. The van der Waals surface area contributed by atoms with Crippen LogP contribution in [0.25, 0.3) is 0 Å². The molecule has 0 bridgehead atoms. The van der Waals surface area contributed by atoms with Crippen molar-refractivity contribution in [3.8, 4) is 6.07 Å². The van der Waals surface area contributed by atoms with Crippen molar-refractivity contribution < 1.29 is 9.84 Å². The van der Waals surface area contributed by atoms with Gasteiger partial charge < -0.3 is 20.5 Å². The monoisotopic (exact) mass is 261 g/mol. The maximum Gasteiger partial charge on any atom is 0.101 e. The van der Waals surface area contributed by atoms with Gasteiger partial charge in [0, 0.05) is 13.1 Å². The Morgan fingerprint density at radius 3 is 2.95 bits per heavy atom. The van der Waals surface area contributed by atoms with Gasteiger partial charge in [-0.2, -0.15) is 5.26 Å². The van der Waals surface area contributed by atoms with Gasteiger partial charge in [0.1, 0.15) is 6.07 Å².